The molecule has 0 aromatic carbocycles. The van der Waals surface area contributed by atoms with E-state index in [1.807, 2.05) is 36.4 Å². The standard InChI is InChI=1S/C18H21N7/c1-25-9-6-15(24-18(25)22-13-4-7-20-8-5-13)14-11-21-17(19)23-16(14)10-12-2-3-12/h4-9,11-12,18H,2-3,10H2,1H3,(H,20,22)(H2,19,21,23). The maximum Gasteiger partial charge on any atom is 0.220 e. The zero-order chi connectivity index (χ0) is 17.2. The first kappa shape index (κ1) is 15.6. The Labute approximate surface area is 146 Å². The molecule has 1 aliphatic heterocycles. The fourth-order valence-electron chi connectivity index (χ4n) is 2.82. The van der Waals surface area contributed by atoms with Crippen LogP contribution in [0, 0.1) is 5.92 Å². The summed E-state index contributed by atoms with van der Waals surface area (Å²) in [6.07, 6.45) is 12.6. The van der Waals surface area contributed by atoms with Gasteiger partial charge in [-0.3, -0.25) is 4.98 Å². The first-order valence-corrected chi connectivity index (χ1v) is 8.45. The molecule has 1 unspecified atom stereocenters. The van der Waals surface area contributed by atoms with Gasteiger partial charge in [-0.1, -0.05) is 0 Å². The zero-order valence-corrected chi connectivity index (χ0v) is 14.1. The van der Waals surface area contributed by atoms with Crippen molar-refractivity contribution in [2.75, 3.05) is 18.1 Å². The summed E-state index contributed by atoms with van der Waals surface area (Å²) in [5, 5.41) is 3.40. The van der Waals surface area contributed by atoms with Gasteiger partial charge in [0, 0.05) is 43.1 Å². The van der Waals surface area contributed by atoms with Crippen molar-refractivity contribution in [3.05, 3.63) is 54.3 Å². The first-order valence-electron chi connectivity index (χ1n) is 8.45. The van der Waals surface area contributed by atoms with E-state index in [4.69, 9.17) is 10.7 Å². The highest BCUT2D eigenvalue weighted by Crippen LogP contribution is 2.33. The number of nitrogen functional groups attached to an aromatic ring is 1. The molecule has 2 aromatic heterocycles. The molecule has 0 bridgehead atoms. The van der Waals surface area contributed by atoms with Gasteiger partial charge in [0.05, 0.1) is 11.4 Å². The van der Waals surface area contributed by atoms with Gasteiger partial charge in [0.25, 0.3) is 0 Å². The summed E-state index contributed by atoms with van der Waals surface area (Å²) < 4.78 is 0. The lowest BCUT2D eigenvalue weighted by atomic mass is 10.0. The topological polar surface area (TPSA) is 92.3 Å². The molecule has 1 fully saturated rings. The van der Waals surface area contributed by atoms with Gasteiger partial charge in [0.2, 0.25) is 5.95 Å². The second kappa shape index (κ2) is 6.51. The van der Waals surface area contributed by atoms with Crippen LogP contribution in [-0.2, 0) is 6.42 Å². The van der Waals surface area contributed by atoms with Crippen LogP contribution in [0.25, 0.3) is 0 Å². The molecule has 1 aliphatic carbocycles. The molecular formula is C18H21N7. The van der Waals surface area contributed by atoms with Gasteiger partial charge < -0.3 is 16.0 Å². The van der Waals surface area contributed by atoms with Crippen molar-refractivity contribution in [2.24, 2.45) is 10.9 Å². The molecule has 128 valence electrons. The lowest BCUT2D eigenvalue weighted by Crippen LogP contribution is -2.36. The van der Waals surface area contributed by atoms with Crippen LogP contribution >= 0.6 is 0 Å². The maximum absolute atomic E-state index is 5.80. The SMILES string of the molecule is CN1C=CC(c2cnc(N)nc2CC2CC2)=NC1Nc1ccncc1. The van der Waals surface area contributed by atoms with Crippen molar-refractivity contribution in [3.8, 4) is 0 Å². The molecule has 2 aromatic rings. The minimum atomic E-state index is -0.200. The van der Waals surface area contributed by atoms with Gasteiger partial charge in [0.15, 0.2) is 6.29 Å². The van der Waals surface area contributed by atoms with E-state index < -0.39 is 0 Å². The summed E-state index contributed by atoms with van der Waals surface area (Å²) in [7, 11) is 1.99. The highest BCUT2D eigenvalue weighted by atomic mass is 15.3. The number of hydrogen-bond acceptors (Lipinski definition) is 7. The number of rotatable bonds is 5. The van der Waals surface area contributed by atoms with E-state index >= 15 is 0 Å². The molecule has 0 radical (unpaired) electrons. The molecule has 7 heteroatoms. The Morgan fingerprint density at radius 3 is 2.84 bits per heavy atom. The van der Waals surface area contributed by atoms with Gasteiger partial charge in [-0.25, -0.2) is 15.0 Å². The first-order chi connectivity index (χ1) is 12.2. The Morgan fingerprint density at radius 1 is 1.28 bits per heavy atom. The van der Waals surface area contributed by atoms with Crippen LogP contribution in [-0.4, -0.2) is 38.9 Å². The predicted molar refractivity (Wildman–Crippen MR) is 98.0 cm³/mol. The van der Waals surface area contributed by atoms with E-state index in [9.17, 15) is 0 Å². The Bertz CT molecular complexity index is 811. The Kier molecular flexibility index (Phi) is 4.05. The van der Waals surface area contributed by atoms with Gasteiger partial charge in [0.1, 0.15) is 0 Å². The molecular weight excluding hydrogens is 314 g/mol. The van der Waals surface area contributed by atoms with Crippen LogP contribution in [0.3, 0.4) is 0 Å². The van der Waals surface area contributed by atoms with Crippen LogP contribution in [0.1, 0.15) is 24.1 Å². The van der Waals surface area contributed by atoms with Crippen molar-refractivity contribution in [1.29, 1.82) is 0 Å². The van der Waals surface area contributed by atoms with Crippen molar-refractivity contribution < 1.29 is 0 Å². The number of nitrogens with zero attached hydrogens (tertiary/aromatic N) is 5. The van der Waals surface area contributed by atoms with E-state index in [2.05, 4.69) is 20.3 Å². The van der Waals surface area contributed by atoms with Gasteiger partial charge in [-0.15, -0.1) is 0 Å². The van der Waals surface area contributed by atoms with E-state index in [1.54, 1.807) is 18.6 Å². The molecule has 4 rings (SSSR count). The molecule has 7 nitrogen and oxygen atoms in total. The van der Waals surface area contributed by atoms with Crippen molar-refractivity contribution >= 4 is 17.3 Å². The summed E-state index contributed by atoms with van der Waals surface area (Å²) in [4.78, 5) is 19.6. The second-order valence-electron chi connectivity index (χ2n) is 6.49. The van der Waals surface area contributed by atoms with E-state index in [0.717, 1.165) is 35.0 Å². The summed E-state index contributed by atoms with van der Waals surface area (Å²) in [5.74, 6) is 1.04. The Hall–Kier alpha value is -2.96. The van der Waals surface area contributed by atoms with Crippen molar-refractivity contribution in [3.63, 3.8) is 0 Å². The normalized spacial score (nSPS) is 19.6. The molecule has 25 heavy (non-hydrogen) atoms. The summed E-state index contributed by atoms with van der Waals surface area (Å²) >= 11 is 0. The minimum Gasteiger partial charge on any atom is -0.368 e. The van der Waals surface area contributed by atoms with Gasteiger partial charge >= 0.3 is 0 Å². The van der Waals surface area contributed by atoms with Crippen LogP contribution in [0.5, 0.6) is 0 Å². The Morgan fingerprint density at radius 2 is 2.08 bits per heavy atom. The van der Waals surface area contributed by atoms with Crippen molar-refractivity contribution in [1.82, 2.24) is 19.9 Å². The summed E-state index contributed by atoms with van der Waals surface area (Å²) in [6.45, 7) is 0. The quantitative estimate of drug-likeness (QED) is 0.869. The number of aliphatic imine (C=N–C) groups is 1. The zero-order valence-electron chi connectivity index (χ0n) is 14.1. The number of hydrogen-bond donors (Lipinski definition) is 2. The highest BCUT2D eigenvalue weighted by molar-refractivity contribution is 6.09. The number of allylic oxidation sites excluding steroid dienone is 1. The van der Waals surface area contributed by atoms with Crippen LogP contribution in [0.4, 0.5) is 11.6 Å². The van der Waals surface area contributed by atoms with Gasteiger partial charge in [-0.2, -0.15) is 0 Å². The third kappa shape index (κ3) is 3.60. The fourth-order valence-corrected chi connectivity index (χ4v) is 2.82. The average Bonchev–Trinajstić information content (AvgIpc) is 3.42. The predicted octanol–water partition coefficient (Wildman–Crippen LogP) is 2.05. The number of nitrogens with one attached hydrogen (secondary N) is 1. The number of anilines is 2. The molecule has 0 amide bonds. The number of aromatic nitrogens is 3. The van der Waals surface area contributed by atoms with E-state index in [-0.39, 0.29) is 6.29 Å². The summed E-state index contributed by atoms with van der Waals surface area (Å²) in [6, 6.07) is 3.85. The molecule has 1 atom stereocenters. The van der Waals surface area contributed by atoms with Crippen LogP contribution < -0.4 is 11.1 Å². The number of pyridine rings is 1. The average molecular weight is 335 g/mol. The molecule has 3 N–H and O–H groups in total. The van der Waals surface area contributed by atoms with E-state index in [0.29, 0.717) is 5.95 Å². The lowest BCUT2D eigenvalue weighted by Gasteiger charge is -2.29. The fraction of sp³-hybridized carbons (Fsp3) is 0.333. The maximum atomic E-state index is 5.80. The highest BCUT2D eigenvalue weighted by Gasteiger charge is 2.25. The van der Waals surface area contributed by atoms with Gasteiger partial charge in [-0.05, 0) is 43.4 Å². The summed E-state index contributed by atoms with van der Waals surface area (Å²) in [5.41, 5.74) is 9.60. The minimum absolute atomic E-state index is 0.200. The monoisotopic (exact) mass is 335 g/mol. The van der Waals surface area contributed by atoms with Crippen molar-refractivity contribution in [2.45, 2.75) is 25.6 Å². The molecule has 3 heterocycles. The van der Waals surface area contributed by atoms with Crippen LogP contribution in [0.15, 0.2) is 48.0 Å². The van der Waals surface area contributed by atoms with E-state index in [1.165, 1.54) is 12.8 Å². The molecule has 1 saturated carbocycles. The van der Waals surface area contributed by atoms with Crippen LogP contribution in [0.2, 0.25) is 0 Å². The third-order valence-electron chi connectivity index (χ3n) is 4.43. The molecule has 2 aliphatic rings. The largest absolute Gasteiger partial charge is 0.368 e. The Balaban J connectivity index is 1.62. The smallest absolute Gasteiger partial charge is 0.220 e. The third-order valence-corrected chi connectivity index (χ3v) is 4.43. The molecule has 0 saturated heterocycles. The molecule has 0 spiro atoms. The second-order valence-corrected chi connectivity index (χ2v) is 6.49. The number of nitrogens with two attached hydrogens (primary N) is 1. The lowest BCUT2D eigenvalue weighted by molar-refractivity contribution is 0.368.